The van der Waals surface area contributed by atoms with Crippen molar-refractivity contribution >= 4 is 18.5 Å². The maximum Gasteiger partial charge on any atom is 0.488 e. The third kappa shape index (κ3) is 1.76. The highest BCUT2D eigenvalue weighted by molar-refractivity contribution is 6.58. The lowest BCUT2D eigenvalue weighted by Gasteiger charge is -2.25. The molecular weight excluding hydrogens is 193 g/mol. The lowest BCUT2D eigenvalue weighted by molar-refractivity contribution is 0.0781. The quantitative estimate of drug-likeness (QED) is 0.577. The normalized spacial score (nSPS) is 15.1. The molecule has 1 heterocycles. The van der Waals surface area contributed by atoms with E-state index in [1.807, 2.05) is 0 Å². The molecule has 1 aromatic rings. The average molecular weight is 205 g/mol. The summed E-state index contributed by atoms with van der Waals surface area (Å²) < 4.78 is 0. The van der Waals surface area contributed by atoms with E-state index < -0.39 is 7.12 Å². The number of amides is 1. The minimum absolute atomic E-state index is 0.00442. The smallest absolute Gasteiger partial charge is 0.423 e. The van der Waals surface area contributed by atoms with Gasteiger partial charge in [0, 0.05) is 19.2 Å². The molecular formula is C10H12BNO3. The van der Waals surface area contributed by atoms with Gasteiger partial charge in [0.1, 0.15) is 0 Å². The number of carbonyl (C=O) groups is 1. The topological polar surface area (TPSA) is 60.8 Å². The van der Waals surface area contributed by atoms with Crippen LogP contribution >= 0.6 is 0 Å². The molecule has 2 rings (SSSR count). The molecule has 0 spiro atoms. The van der Waals surface area contributed by atoms with Gasteiger partial charge in [-0.3, -0.25) is 4.79 Å². The van der Waals surface area contributed by atoms with E-state index in [2.05, 4.69) is 0 Å². The van der Waals surface area contributed by atoms with Crippen molar-refractivity contribution in [1.29, 1.82) is 0 Å². The Bertz CT molecular complexity index is 406. The van der Waals surface area contributed by atoms with Crippen molar-refractivity contribution in [2.24, 2.45) is 0 Å². The lowest BCUT2D eigenvalue weighted by Crippen LogP contribution is -2.36. The molecule has 0 radical (unpaired) electrons. The summed E-state index contributed by atoms with van der Waals surface area (Å²) in [6.07, 6.45) is 0.762. The van der Waals surface area contributed by atoms with Crippen LogP contribution in [0.15, 0.2) is 18.2 Å². The van der Waals surface area contributed by atoms with Gasteiger partial charge in [0.25, 0.3) is 5.91 Å². The van der Waals surface area contributed by atoms with Crippen LogP contribution in [-0.2, 0) is 6.42 Å². The highest BCUT2D eigenvalue weighted by Gasteiger charge is 2.23. The molecule has 1 aliphatic rings. The van der Waals surface area contributed by atoms with Gasteiger partial charge in [-0.05, 0) is 23.5 Å². The number of likely N-dealkylation sites (N-methyl/N-ethyl adjacent to an activating group) is 1. The summed E-state index contributed by atoms with van der Waals surface area (Å²) in [5.74, 6) is -0.00442. The van der Waals surface area contributed by atoms with Gasteiger partial charge < -0.3 is 14.9 Å². The van der Waals surface area contributed by atoms with E-state index in [1.165, 1.54) is 0 Å². The van der Waals surface area contributed by atoms with Gasteiger partial charge in [-0.1, -0.05) is 12.1 Å². The number of fused-ring (bicyclic) bond motifs is 1. The number of rotatable bonds is 1. The van der Waals surface area contributed by atoms with Crippen LogP contribution in [0.4, 0.5) is 0 Å². The van der Waals surface area contributed by atoms with E-state index in [9.17, 15) is 4.79 Å². The van der Waals surface area contributed by atoms with Gasteiger partial charge in [0.15, 0.2) is 0 Å². The second-order valence-electron chi connectivity index (χ2n) is 3.77. The molecule has 0 saturated heterocycles. The summed E-state index contributed by atoms with van der Waals surface area (Å²) in [6, 6.07) is 4.91. The second-order valence-corrected chi connectivity index (χ2v) is 3.77. The fraction of sp³-hybridized carbons (Fsp3) is 0.300. The van der Waals surface area contributed by atoms with E-state index in [0.29, 0.717) is 17.6 Å². The molecule has 1 aliphatic heterocycles. The van der Waals surface area contributed by atoms with Crippen molar-refractivity contribution in [3.8, 4) is 0 Å². The Balaban J connectivity index is 2.43. The van der Waals surface area contributed by atoms with Gasteiger partial charge in [0.2, 0.25) is 0 Å². The van der Waals surface area contributed by atoms with Crippen molar-refractivity contribution in [3.63, 3.8) is 0 Å². The Kier molecular flexibility index (Phi) is 2.50. The van der Waals surface area contributed by atoms with Crippen LogP contribution in [0.1, 0.15) is 15.9 Å². The van der Waals surface area contributed by atoms with Crippen LogP contribution < -0.4 is 5.46 Å². The molecule has 0 bridgehead atoms. The van der Waals surface area contributed by atoms with Crippen LogP contribution in [0.3, 0.4) is 0 Å². The van der Waals surface area contributed by atoms with Crippen molar-refractivity contribution < 1.29 is 14.8 Å². The van der Waals surface area contributed by atoms with Gasteiger partial charge in [0.05, 0.1) is 0 Å². The van der Waals surface area contributed by atoms with E-state index in [1.54, 1.807) is 30.1 Å². The molecule has 0 aromatic heterocycles. The number of nitrogens with zero attached hydrogens (tertiary/aromatic N) is 1. The van der Waals surface area contributed by atoms with Crippen molar-refractivity contribution in [2.45, 2.75) is 6.42 Å². The Morgan fingerprint density at radius 3 is 2.80 bits per heavy atom. The molecule has 0 fully saturated rings. The Morgan fingerprint density at radius 1 is 1.40 bits per heavy atom. The highest BCUT2D eigenvalue weighted by Crippen LogP contribution is 2.16. The first-order valence-corrected chi connectivity index (χ1v) is 4.84. The summed E-state index contributed by atoms with van der Waals surface area (Å²) >= 11 is 0. The largest absolute Gasteiger partial charge is 0.488 e. The number of hydrogen-bond donors (Lipinski definition) is 2. The zero-order chi connectivity index (χ0) is 11.0. The second kappa shape index (κ2) is 3.68. The van der Waals surface area contributed by atoms with Crippen molar-refractivity contribution in [2.75, 3.05) is 13.6 Å². The van der Waals surface area contributed by atoms with E-state index in [-0.39, 0.29) is 5.91 Å². The standard InChI is InChI=1S/C10H12BNO3/c1-12-5-4-7-6-8(11(14)15)2-3-9(7)10(12)13/h2-3,6,14-15H,4-5H2,1H3. The van der Waals surface area contributed by atoms with E-state index >= 15 is 0 Å². The van der Waals surface area contributed by atoms with E-state index in [0.717, 1.165) is 12.0 Å². The molecule has 78 valence electrons. The maximum atomic E-state index is 11.7. The number of benzene rings is 1. The first-order valence-electron chi connectivity index (χ1n) is 4.84. The summed E-state index contributed by atoms with van der Waals surface area (Å²) in [6.45, 7) is 0.677. The zero-order valence-electron chi connectivity index (χ0n) is 8.47. The summed E-state index contributed by atoms with van der Waals surface area (Å²) in [5.41, 5.74) is 1.99. The van der Waals surface area contributed by atoms with Gasteiger partial charge in [-0.15, -0.1) is 0 Å². The Hall–Kier alpha value is -1.33. The van der Waals surface area contributed by atoms with Gasteiger partial charge in [-0.2, -0.15) is 0 Å². The van der Waals surface area contributed by atoms with Gasteiger partial charge in [-0.25, -0.2) is 0 Å². The summed E-state index contributed by atoms with van der Waals surface area (Å²) in [5, 5.41) is 18.0. The number of hydrogen-bond acceptors (Lipinski definition) is 3. The van der Waals surface area contributed by atoms with Crippen molar-refractivity contribution in [1.82, 2.24) is 4.90 Å². The molecule has 0 saturated carbocycles. The Labute approximate surface area is 88.3 Å². The predicted octanol–water partition coefficient (Wildman–Crippen LogP) is -1.01. The fourth-order valence-corrected chi connectivity index (χ4v) is 1.79. The fourth-order valence-electron chi connectivity index (χ4n) is 1.79. The zero-order valence-corrected chi connectivity index (χ0v) is 8.47. The third-order valence-corrected chi connectivity index (χ3v) is 2.72. The van der Waals surface area contributed by atoms with E-state index in [4.69, 9.17) is 10.0 Å². The third-order valence-electron chi connectivity index (χ3n) is 2.72. The van der Waals surface area contributed by atoms with Crippen LogP contribution in [-0.4, -0.2) is 41.6 Å². The molecule has 2 N–H and O–H groups in total. The SMILES string of the molecule is CN1CCc2cc(B(O)O)ccc2C1=O. The monoisotopic (exact) mass is 205 g/mol. The molecule has 5 heteroatoms. The summed E-state index contributed by atoms with van der Waals surface area (Å²) in [4.78, 5) is 13.4. The average Bonchev–Trinajstić information content (AvgIpc) is 2.23. The van der Waals surface area contributed by atoms with Gasteiger partial charge >= 0.3 is 7.12 Å². The molecule has 1 aromatic carbocycles. The van der Waals surface area contributed by atoms with Crippen LogP contribution in [0.25, 0.3) is 0 Å². The number of carbonyl (C=O) groups excluding carboxylic acids is 1. The molecule has 15 heavy (non-hydrogen) atoms. The molecule has 1 amide bonds. The summed E-state index contributed by atoms with van der Waals surface area (Å²) in [7, 11) is 0.296. The lowest BCUT2D eigenvalue weighted by atomic mass is 9.78. The first-order chi connectivity index (χ1) is 7.09. The molecule has 0 aliphatic carbocycles. The highest BCUT2D eigenvalue weighted by atomic mass is 16.4. The molecule has 0 atom stereocenters. The Morgan fingerprint density at radius 2 is 2.13 bits per heavy atom. The predicted molar refractivity (Wildman–Crippen MR) is 56.9 cm³/mol. The van der Waals surface area contributed by atoms with Crippen LogP contribution in [0.2, 0.25) is 0 Å². The van der Waals surface area contributed by atoms with Crippen molar-refractivity contribution in [3.05, 3.63) is 29.3 Å². The van der Waals surface area contributed by atoms with Crippen LogP contribution in [0.5, 0.6) is 0 Å². The molecule has 4 nitrogen and oxygen atoms in total. The molecule has 0 unspecified atom stereocenters. The minimum Gasteiger partial charge on any atom is -0.423 e. The van der Waals surface area contributed by atoms with Crippen LogP contribution in [0, 0.1) is 0 Å². The first kappa shape index (κ1) is 10.2. The maximum absolute atomic E-state index is 11.7. The minimum atomic E-state index is -1.47.